The van der Waals surface area contributed by atoms with Crippen molar-refractivity contribution in [2.24, 2.45) is 5.92 Å². The smallest absolute Gasteiger partial charge is 0.303 e. The molecule has 2 aromatic carbocycles. The fourth-order valence-electron chi connectivity index (χ4n) is 5.77. The highest BCUT2D eigenvalue weighted by molar-refractivity contribution is 6.31. The summed E-state index contributed by atoms with van der Waals surface area (Å²) in [4.78, 5) is 27.3. The van der Waals surface area contributed by atoms with Crippen LogP contribution in [0, 0.1) is 5.92 Å². The van der Waals surface area contributed by atoms with Crippen molar-refractivity contribution in [1.82, 2.24) is 4.90 Å². The first-order valence-corrected chi connectivity index (χ1v) is 12.5. The van der Waals surface area contributed by atoms with Crippen molar-refractivity contribution in [2.75, 3.05) is 33.1 Å². The summed E-state index contributed by atoms with van der Waals surface area (Å²) in [5.41, 5.74) is 0.164. The van der Waals surface area contributed by atoms with Gasteiger partial charge in [-0.1, -0.05) is 35.9 Å². The number of benzene rings is 2. The Hall–Kier alpha value is -2.87. The molecule has 1 heterocycles. The van der Waals surface area contributed by atoms with Crippen LogP contribution in [-0.2, 0) is 19.9 Å². The SMILES string of the molecule is COc1cccc(C2(O)CCCC(OC(C)=O)(C3=CCC(=O)Nc4cc(Cl)ccc43)C2CN(C)C)c1. The number of esters is 1. The fraction of sp³-hybridized carbons (Fsp3) is 0.429. The molecule has 2 aliphatic rings. The number of nitrogens with zero attached hydrogens (tertiary/aromatic N) is 1. The third-order valence-electron chi connectivity index (χ3n) is 7.18. The zero-order valence-corrected chi connectivity index (χ0v) is 21.9. The van der Waals surface area contributed by atoms with E-state index in [1.54, 1.807) is 19.2 Å². The van der Waals surface area contributed by atoms with Crippen LogP contribution in [-0.4, -0.2) is 55.2 Å². The summed E-state index contributed by atoms with van der Waals surface area (Å²) in [6.07, 6.45) is 3.53. The Balaban J connectivity index is 1.98. The van der Waals surface area contributed by atoms with E-state index in [9.17, 15) is 14.7 Å². The monoisotopic (exact) mass is 512 g/mol. The molecule has 0 radical (unpaired) electrons. The first-order valence-electron chi connectivity index (χ1n) is 12.1. The number of hydrogen-bond acceptors (Lipinski definition) is 6. The molecule has 1 aliphatic heterocycles. The summed E-state index contributed by atoms with van der Waals surface area (Å²) in [5, 5.41) is 15.9. The van der Waals surface area contributed by atoms with Gasteiger partial charge in [0.2, 0.25) is 5.91 Å². The molecule has 0 aromatic heterocycles. The lowest BCUT2D eigenvalue weighted by Crippen LogP contribution is -2.59. The molecule has 0 saturated heterocycles. The second-order valence-electron chi connectivity index (χ2n) is 9.87. The zero-order valence-electron chi connectivity index (χ0n) is 21.1. The van der Waals surface area contributed by atoms with Gasteiger partial charge in [0.15, 0.2) is 0 Å². The highest BCUT2D eigenvalue weighted by Crippen LogP contribution is 2.55. The average molecular weight is 513 g/mol. The van der Waals surface area contributed by atoms with Gasteiger partial charge >= 0.3 is 5.97 Å². The predicted molar refractivity (Wildman–Crippen MR) is 140 cm³/mol. The van der Waals surface area contributed by atoms with E-state index in [-0.39, 0.29) is 12.3 Å². The van der Waals surface area contributed by atoms with Crippen LogP contribution in [0.4, 0.5) is 5.69 Å². The molecule has 0 bridgehead atoms. The van der Waals surface area contributed by atoms with E-state index in [0.717, 1.165) is 5.56 Å². The Morgan fingerprint density at radius 2 is 2.00 bits per heavy atom. The van der Waals surface area contributed by atoms with Gasteiger partial charge in [0, 0.05) is 47.7 Å². The number of aliphatic hydroxyl groups is 1. The van der Waals surface area contributed by atoms with E-state index in [2.05, 4.69) is 5.32 Å². The lowest BCUT2D eigenvalue weighted by molar-refractivity contribution is -0.183. The van der Waals surface area contributed by atoms with Crippen LogP contribution in [0.3, 0.4) is 0 Å². The maximum absolute atomic E-state index is 12.7. The summed E-state index contributed by atoms with van der Waals surface area (Å²) in [7, 11) is 5.45. The number of amides is 1. The summed E-state index contributed by atoms with van der Waals surface area (Å²) in [6, 6.07) is 12.7. The summed E-state index contributed by atoms with van der Waals surface area (Å²) in [6.45, 7) is 1.82. The maximum atomic E-state index is 12.7. The highest BCUT2D eigenvalue weighted by atomic mass is 35.5. The summed E-state index contributed by atoms with van der Waals surface area (Å²) in [5.74, 6) is -0.549. The van der Waals surface area contributed by atoms with E-state index >= 15 is 0 Å². The molecule has 36 heavy (non-hydrogen) atoms. The molecule has 1 fully saturated rings. The molecule has 0 spiro atoms. The molecule has 3 atom stereocenters. The Kier molecular flexibility index (Phi) is 7.46. The van der Waals surface area contributed by atoms with Crippen LogP contribution in [0.15, 0.2) is 48.5 Å². The topological polar surface area (TPSA) is 88.1 Å². The lowest BCUT2D eigenvalue weighted by atomic mass is 9.59. The van der Waals surface area contributed by atoms with Crippen molar-refractivity contribution in [3.05, 3.63) is 64.7 Å². The number of carbonyl (C=O) groups excluding carboxylic acids is 2. The molecule has 7 nitrogen and oxygen atoms in total. The molecule has 2 aromatic rings. The molecular weight excluding hydrogens is 480 g/mol. The molecule has 1 saturated carbocycles. The molecule has 1 aliphatic carbocycles. The van der Waals surface area contributed by atoms with Crippen molar-refractivity contribution in [3.8, 4) is 5.75 Å². The van der Waals surface area contributed by atoms with Gasteiger partial charge in [-0.2, -0.15) is 0 Å². The van der Waals surface area contributed by atoms with Gasteiger partial charge in [0.05, 0.1) is 12.7 Å². The number of nitrogens with one attached hydrogen (secondary N) is 1. The number of carbonyl (C=O) groups is 2. The van der Waals surface area contributed by atoms with E-state index in [1.807, 2.05) is 55.4 Å². The van der Waals surface area contributed by atoms with E-state index in [4.69, 9.17) is 21.1 Å². The van der Waals surface area contributed by atoms with Crippen molar-refractivity contribution in [2.45, 2.75) is 43.8 Å². The average Bonchev–Trinajstić information content (AvgIpc) is 2.98. The quantitative estimate of drug-likeness (QED) is 0.549. The minimum atomic E-state index is -1.33. The number of anilines is 1. The second-order valence-corrected chi connectivity index (χ2v) is 10.3. The van der Waals surface area contributed by atoms with E-state index < -0.39 is 23.1 Å². The number of methoxy groups -OCH3 is 1. The Morgan fingerprint density at radius 3 is 2.69 bits per heavy atom. The van der Waals surface area contributed by atoms with Crippen LogP contribution in [0.5, 0.6) is 5.75 Å². The first-order chi connectivity index (χ1) is 17.1. The summed E-state index contributed by atoms with van der Waals surface area (Å²) < 4.78 is 11.7. The standard InChI is InChI=1S/C28H33ClN2O5/c1-18(32)36-28(23-11-12-26(33)30-24-16-20(29)9-10-22(23)24)14-6-13-27(34,25(28)17-31(2)3)19-7-5-8-21(15-19)35-4/h5,7-11,15-16,25,34H,6,12-14,17H2,1-4H3,(H,30,33). The molecular formula is C28H33ClN2O5. The minimum Gasteiger partial charge on any atom is -0.497 e. The van der Waals surface area contributed by atoms with E-state index in [1.165, 1.54) is 6.92 Å². The van der Waals surface area contributed by atoms with Crippen molar-refractivity contribution < 1.29 is 24.2 Å². The number of halogens is 1. The van der Waals surface area contributed by atoms with Gasteiger partial charge in [0.25, 0.3) is 0 Å². The second kappa shape index (κ2) is 10.2. The van der Waals surface area contributed by atoms with Gasteiger partial charge in [-0.25, -0.2) is 0 Å². The Morgan fingerprint density at radius 1 is 1.22 bits per heavy atom. The predicted octanol–water partition coefficient (Wildman–Crippen LogP) is 4.63. The molecule has 4 rings (SSSR count). The molecule has 192 valence electrons. The van der Waals surface area contributed by atoms with Crippen LogP contribution in [0.1, 0.15) is 43.7 Å². The maximum Gasteiger partial charge on any atom is 0.303 e. The number of fused-ring (bicyclic) bond motifs is 1. The zero-order chi connectivity index (χ0) is 26.1. The van der Waals surface area contributed by atoms with Crippen LogP contribution in [0.2, 0.25) is 5.02 Å². The van der Waals surface area contributed by atoms with E-state index in [0.29, 0.717) is 53.4 Å². The number of rotatable bonds is 6. The van der Waals surface area contributed by atoms with Gasteiger partial charge < -0.3 is 24.8 Å². The third kappa shape index (κ3) is 4.88. The summed E-state index contributed by atoms with van der Waals surface area (Å²) >= 11 is 6.27. The fourth-order valence-corrected chi connectivity index (χ4v) is 5.95. The van der Waals surface area contributed by atoms with Gasteiger partial charge in [-0.05, 0) is 63.2 Å². The van der Waals surface area contributed by atoms with Crippen molar-refractivity contribution in [1.29, 1.82) is 0 Å². The molecule has 3 unspecified atom stereocenters. The molecule has 8 heteroatoms. The highest BCUT2D eigenvalue weighted by Gasteiger charge is 2.58. The van der Waals surface area contributed by atoms with Crippen LogP contribution in [0.25, 0.3) is 5.57 Å². The third-order valence-corrected chi connectivity index (χ3v) is 7.42. The van der Waals surface area contributed by atoms with Gasteiger partial charge in [0.1, 0.15) is 11.4 Å². The normalized spacial score (nSPS) is 25.9. The Labute approximate surface area is 217 Å². The van der Waals surface area contributed by atoms with Crippen molar-refractivity contribution in [3.63, 3.8) is 0 Å². The van der Waals surface area contributed by atoms with Crippen LogP contribution >= 0.6 is 11.6 Å². The lowest BCUT2D eigenvalue weighted by Gasteiger charge is -2.53. The number of hydrogen-bond donors (Lipinski definition) is 2. The largest absolute Gasteiger partial charge is 0.497 e. The minimum absolute atomic E-state index is 0.108. The molecule has 1 amide bonds. The van der Waals surface area contributed by atoms with Gasteiger partial charge in [-0.3, -0.25) is 9.59 Å². The van der Waals surface area contributed by atoms with Gasteiger partial charge in [-0.15, -0.1) is 0 Å². The number of ether oxygens (including phenoxy) is 2. The Bertz CT molecular complexity index is 1200. The van der Waals surface area contributed by atoms with Crippen LogP contribution < -0.4 is 10.1 Å². The molecule has 2 N–H and O–H groups in total. The first kappa shape index (κ1) is 26.2. The van der Waals surface area contributed by atoms with Crippen molar-refractivity contribution >= 4 is 34.7 Å².